The second-order valence-electron chi connectivity index (χ2n) is 3.93. The van der Waals surface area contributed by atoms with Gasteiger partial charge in [-0.1, -0.05) is 6.07 Å². The van der Waals surface area contributed by atoms with Crippen molar-refractivity contribution in [2.24, 2.45) is 4.99 Å². The third-order valence-electron chi connectivity index (χ3n) is 2.61. The van der Waals surface area contributed by atoms with Crippen molar-refractivity contribution < 1.29 is 4.92 Å². The fourth-order valence-electron chi connectivity index (χ4n) is 1.85. The number of nitro groups is 1. The number of aliphatic imine (C=N–C) groups is 1. The van der Waals surface area contributed by atoms with Crippen molar-refractivity contribution in [2.75, 3.05) is 19.6 Å². The Bertz CT molecular complexity index is 419. The summed E-state index contributed by atoms with van der Waals surface area (Å²) in [6.07, 6.45) is 4.44. The molecule has 17 heavy (non-hydrogen) atoms. The molecule has 0 bridgehead atoms. The van der Waals surface area contributed by atoms with E-state index < -0.39 is 0 Å². The van der Waals surface area contributed by atoms with Gasteiger partial charge in [0.2, 0.25) is 0 Å². The Kier molecular flexibility index (Phi) is 3.64. The summed E-state index contributed by atoms with van der Waals surface area (Å²) in [7, 11) is 0. The van der Waals surface area contributed by atoms with Gasteiger partial charge in [0.05, 0.1) is 0 Å². The minimum atomic E-state index is -0.333. The van der Waals surface area contributed by atoms with E-state index in [-0.39, 0.29) is 11.5 Å². The van der Waals surface area contributed by atoms with Crippen LogP contribution in [-0.4, -0.2) is 40.3 Å². The number of rotatable bonds is 4. The lowest BCUT2D eigenvalue weighted by molar-refractivity contribution is -0.464. The third kappa shape index (κ3) is 3.24. The van der Waals surface area contributed by atoms with E-state index >= 15 is 0 Å². The van der Waals surface area contributed by atoms with Crippen LogP contribution in [0.4, 0.5) is 0 Å². The van der Waals surface area contributed by atoms with Crippen molar-refractivity contribution in [1.29, 1.82) is 0 Å². The normalized spacial score (nSPS) is 15.5. The molecule has 1 aromatic heterocycles. The van der Waals surface area contributed by atoms with Crippen molar-refractivity contribution in [2.45, 2.75) is 13.0 Å². The minimum absolute atomic E-state index is 0.194. The predicted molar refractivity (Wildman–Crippen MR) is 63.4 cm³/mol. The Morgan fingerprint density at radius 3 is 3.12 bits per heavy atom. The molecule has 0 saturated heterocycles. The first-order valence-electron chi connectivity index (χ1n) is 5.54. The maximum Gasteiger partial charge on any atom is 0.260 e. The van der Waals surface area contributed by atoms with E-state index in [1.54, 1.807) is 12.4 Å². The molecule has 90 valence electrons. The summed E-state index contributed by atoms with van der Waals surface area (Å²) < 4.78 is 0. The van der Waals surface area contributed by atoms with Crippen LogP contribution >= 0.6 is 0 Å². The number of hydrogen-bond donors (Lipinski definition) is 0. The summed E-state index contributed by atoms with van der Waals surface area (Å²) in [5.41, 5.74) is 1.05. The molecule has 2 rings (SSSR count). The lowest BCUT2D eigenvalue weighted by atomic mass is 10.2. The fraction of sp³-hybridized carbons (Fsp3) is 0.455. The van der Waals surface area contributed by atoms with Gasteiger partial charge in [-0.2, -0.15) is 0 Å². The molecule has 6 heteroatoms. The highest BCUT2D eigenvalue weighted by Gasteiger charge is 2.19. The molecule has 0 atom stereocenters. The Balaban J connectivity index is 2.06. The van der Waals surface area contributed by atoms with E-state index in [4.69, 9.17) is 0 Å². The maximum absolute atomic E-state index is 10.6. The molecule has 0 aromatic carbocycles. The third-order valence-corrected chi connectivity index (χ3v) is 2.61. The molecule has 0 aliphatic carbocycles. The summed E-state index contributed by atoms with van der Waals surface area (Å²) in [5.74, 6) is 0.574. The summed E-state index contributed by atoms with van der Waals surface area (Å²) >= 11 is 0. The minimum Gasteiger partial charge on any atom is -0.350 e. The lowest BCUT2D eigenvalue weighted by Gasteiger charge is -2.27. The first-order valence-corrected chi connectivity index (χ1v) is 5.54. The number of aromatic nitrogens is 1. The standard InChI is InChI=1S/C11H14N4O2/c16-15(17)9-11-13-5-2-6-14(11)8-10-3-1-4-12-7-10/h1,3-4,7H,2,5-6,8-9H2. The molecule has 0 fully saturated rings. The molecule has 1 aliphatic heterocycles. The molecule has 0 saturated carbocycles. The molecule has 1 aromatic rings. The van der Waals surface area contributed by atoms with Crippen LogP contribution in [-0.2, 0) is 6.54 Å². The highest BCUT2D eigenvalue weighted by atomic mass is 16.6. The Labute approximate surface area is 99.1 Å². The van der Waals surface area contributed by atoms with Crippen molar-refractivity contribution in [1.82, 2.24) is 9.88 Å². The van der Waals surface area contributed by atoms with Gasteiger partial charge in [0.25, 0.3) is 6.54 Å². The second kappa shape index (κ2) is 5.38. The number of hydrogen-bond acceptors (Lipinski definition) is 5. The largest absolute Gasteiger partial charge is 0.350 e. The summed E-state index contributed by atoms with van der Waals surface area (Å²) in [5, 5.41) is 10.6. The zero-order chi connectivity index (χ0) is 12.1. The van der Waals surface area contributed by atoms with Gasteiger partial charge in [0.1, 0.15) is 0 Å². The summed E-state index contributed by atoms with van der Waals surface area (Å²) in [4.78, 5) is 20.4. The van der Waals surface area contributed by atoms with Crippen molar-refractivity contribution in [3.63, 3.8) is 0 Å². The molecule has 1 aliphatic rings. The summed E-state index contributed by atoms with van der Waals surface area (Å²) in [6, 6.07) is 3.83. The van der Waals surface area contributed by atoms with Crippen molar-refractivity contribution in [3.8, 4) is 0 Å². The monoisotopic (exact) mass is 234 g/mol. The Hall–Kier alpha value is -1.98. The number of amidine groups is 1. The van der Waals surface area contributed by atoms with Gasteiger partial charge in [-0.15, -0.1) is 0 Å². The van der Waals surface area contributed by atoms with Gasteiger partial charge in [-0.05, 0) is 18.1 Å². The topological polar surface area (TPSA) is 71.6 Å². The number of pyridine rings is 1. The average Bonchev–Trinajstić information content (AvgIpc) is 2.32. The van der Waals surface area contributed by atoms with Gasteiger partial charge in [-0.25, -0.2) is 0 Å². The van der Waals surface area contributed by atoms with Crippen LogP contribution in [0.5, 0.6) is 0 Å². The average molecular weight is 234 g/mol. The molecule has 0 radical (unpaired) electrons. The van der Waals surface area contributed by atoms with E-state index in [0.717, 1.165) is 18.5 Å². The van der Waals surface area contributed by atoms with E-state index in [1.807, 2.05) is 17.0 Å². The SMILES string of the molecule is O=[N+]([O-])CC1=NCCCN1Cc1cccnc1. The van der Waals surface area contributed by atoms with Crippen LogP contribution in [0.1, 0.15) is 12.0 Å². The quantitative estimate of drug-likeness (QED) is 0.574. The van der Waals surface area contributed by atoms with Gasteiger partial charge in [-0.3, -0.25) is 20.1 Å². The Morgan fingerprint density at radius 2 is 2.41 bits per heavy atom. The van der Waals surface area contributed by atoms with E-state index in [2.05, 4.69) is 9.98 Å². The maximum atomic E-state index is 10.6. The first-order chi connectivity index (χ1) is 8.25. The van der Waals surface area contributed by atoms with Gasteiger partial charge in [0, 0.05) is 37.0 Å². The lowest BCUT2D eigenvalue weighted by Crippen LogP contribution is -2.39. The fourth-order valence-corrected chi connectivity index (χ4v) is 1.85. The molecular weight excluding hydrogens is 220 g/mol. The highest BCUT2D eigenvalue weighted by Crippen LogP contribution is 2.09. The van der Waals surface area contributed by atoms with E-state index in [1.165, 1.54) is 0 Å². The zero-order valence-electron chi connectivity index (χ0n) is 9.45. The predicted octanol–water partition coefficient (Wildman–Crippen LogP) is 0.963. The zero-order valence-corrected chi connectivity index (χ0v) is 9.45. The first kappa shape index (κ1) is 11.5. The van der Waals surface area contributed by atoms with E-state index in [0.29, 0.717) is 18.9 Å². The van der Waals surface area contributed by atoms with Crippen LogP contribution < -0.4 is 0 Å². The van der Waals surface area contributed by atoms with Crippen LogP contribution in [0.2, 0.25) is 0 Å². The van der Waals surface area contributed by atoms with Crippen molar-refractivity contribution >= 4 is 5.84 Å². The van der Waals surface area contributed by atoms with Gasteiger partial charge < -0.3 is 4.90 Å². The molecule has 0 unspecified atom stereocenters. The summed E-state index contributed by atoms with van der Waals surface area (Å²) in [6.45, 7) is 1.95. The molecule has 6 nitrogen and oxygen atoms in total. The molecule has 2 heterocycles. The molecule has 0 N–H and O–H groups in total. The molecule has 0 amide bonds. The van der Waals surface area contributed by atoms with Crippen LogP contribution in [0.25, 0.3) is 0 Å². The second-order valence-corrected chi connectivity index (χ2v) is 3.93. The Morgan fingerprint density at radius 1 is 1.53 bits per heavy atom. The molecule has 0 spiro atoms. The van der Waals surface area contributed by atoms with E-state index in [9.17, 15) is 10.1 Å². The van der Waals surface area contributed by atoms with Gasteiger partial charge >= 0.3 is 0 Å². The highest BCUT2D eigenvalue weighted by molar-refractivity contribution is 5.83. The number of nitrogens with zero attached hydrogens (tertiary/aromatic N) is 4. The van der Waals surface area contributed by atoms with Crippen LogP contribution in [0, 0.1) is 10.1 Å². The van der Waals surface area contributed by atoms with Gasteiger partial charge in [0.15, 0.2) is 5.84 Å². The van der Waals surface area contributed by atoms with Crippen LogP contribution in [0.15, 0.2) is 29.5 Å². The smallest absolute Gasteiger partial charge is 0.260 e. The van der Waals surface area contributed by atoms with Crippen molar-refractivity contribution in [3.05, 3.63) is 40.2 Å². The van der Waals surface area contributed by atoms with Crippen LogP contribution in [0.3, 0.4) is 0 Å². The molecular formula is C11H14N4O2.